The van der Waals surface area contributed by atoms with Crippen molar-refractivity contribution in [2.45, 2.75) is 6.42 Å². The number of aromatic nitrogens is 2. The van der Waals surface area contributed by atoms with E-state index in [0.717, 1.165) is 17.7 Å². The molecule has 0 amide bonds. The fraction of sp³-hybridized carbons (Fsp3) is 0.167. The third kappa shape index (κ3) is 1.39. The number of benzene rings is 1. The second-order valence-electron chi connectivity index (χ2n) is 3.74. The van der Waals surface area contributed by atoms with Crippen LogP contribution in [0.1, 0.15) is 21.5 Å². The van der Waals surface area contributed by atoms with Gasteiger partial charge in [-0.05, 0) is 23.8 Å². The number of H-pyrrole nitrogens is 1. The Morgan fingerprint density at radius 1 is 1.38 bits per heavy atom. The number of nitrogens with one attached hydrogen (secondary N) is 1. The molecular weight excluding hydrogens is 204 g/mol. The van der Waals surface area contributed by atoms with Crippen molar-refractivity contribution in [2.24, 2.45) is 0 Å². The molecule has 0 aliphatic carbocycles. The van der Waals surface area contributed by atoms with Crippen LogP contribution in [0.4, 0.5) is 0 Å². The van der Waals surface area contributed by atoms with Crippen LogP contribution >= 0.6 is 0 Å². The van der Waals surface area contributed by atoms with E-state index in [1.807, 2.05) is 12.1 Å². The number of hydrogen-bond donors (Lipinski definition) is 1. The van der Waals surface area contributed by atoms with E-state index in [-0.39, 0.29) is 5.78 Å². The van der Waals surface area contributed by atoms with Crippen molar-refractivity contribution in [2.75, 3.05) is 6.61 Å². The first-order valence-corrected chi connectivity index (χ1v) is 5.14. The zero-order valence-electron chi connectivity index (χ0n) is 8.56. The van der Waals surface area contributed by atoms with E-state index in [4.69, 9.17) is 4.74 Å². The number of hydrogen-bond acceptors (Lipinski definition) is 3. The first-order chi connectivity index (χ1) is 7.84. The van der Waals surface area contributed by atoms with E-state index in [1.54, 1.807) is 12.3 Å². The second-order valence-corrected chi connectivity index (χ2v) is 3.74. The average molecular weight is 214 g/mol. The van der Waals surface area contributed by atoms with Crippen LogP contribution in [0.25, 0.3) is 0 Å². The Morgan fingerprint density at radius 2 is 2.31 bits per heavy atom. The Morgan fingerprint density at radius 3 is 3.12 bits per heavy atom. The van der Waals surface area contributed by atoms with Crippen LogP contribution in [-0.4, -0.2) is 22.6 Å². The highest BCUT2D eigenvalue weighted by molar-refractivity contribution is 6.08. The SMILES string of the molecule is O=C(c1cn[nH]c1)c1ccc2c(c1)CCO2. The van der Waals surface area contributed by atoms with Crippen molar-refractivity contribution in [3.05, 3.63) is 47.3 Å². The van der Waals surface area contributed by atoms with Gasteiger partial charge in [0, 0.05) is 18.2 Å². The summed E-state index contributed by atoms with van der Waals surface area (Å²) in [5.41, 5.74) is 2.37. The lowest BCUT2D eigenvalue weighted by atomic mass is 10.0. The van der Waals surface area contributed by atoms with E-state index in [1.165, 1.54) is 6.20 Å². The van der Waals surface area contributed by atoms with Crippen LogP contribution in [0.3, 0.4) is 0 Å². The van der Waals surface area contributed by atoms with E-state index in [0.29, 0.717) is 17.7 Å². The van der Waals surface area contributed by atoms with Crippen molar-refractivity contribution >= 4 is 5.78 Å². The van der Waals surface area contributed by atoms with Gasteiger partial charge in [0.05, 0.1) is 18.4 Å². The minimum absolute atomic E-state index is 0.0107. The number of aromatic amines is 1. The quantitative estimate of drug-likeness (QED) is 0.772. The molecule has 4 nitrogen and oxygen atoms in total. The molecule has 0 unspecified atom stereocenters. The number of carbonyl (C=O) groups excluding carboxylic acids is 1. The molecule has 1 aromatic carbocycles. The molecule has 0 radical (unpaired) electrons. The van der Waals surface area contributed by atoms with Crippen LogP contribution < -0.4 is 4.74 Å². The first kappa shape index (κ1) is 9.15. The number of carbonyl (C=O) groups is 1. The Balaban J connectivity index is 1.99. The molecule has 16 heavy (non-hydrogen) atoms. The highest BCUT2D eigenvalue weighted by atomic mass is 16.5. The highest BCUT2D eigenvalue weighted by Crippen LogP contribution is 2.26. The number of rotatable bonds is 2. The van der Waals surface area contributed by atoms with Crippen LogP contribution in [0.5, 0.6) is 5.75 Å². The Labute approximate surface area is 92.2 Å². The van der Waals surface area contributed by atoms with Gasteiger partial charge in [-0.2, -0.15) is 5.10 Å². The van der Waals surface area contributed by atoms with Gasteiger partial charge in [0.1, 0.15) is 5.75 Å². The molecule has 1 aliphatic rings. The Kier molecular flexibility index (Phi) is 1.99. The normalized spacial score (nSPS) is 13.2. The lowest BCUT2D eigenvalue weighted by Gasteiger charge is -2.01. The molecule has 2 aromatic rings. The van der Waals surface area contributed by atoms with E-state index in [9.17, 15) is 4.79 Å². The van der Waals surface area contributed by atoms with Crippen LogP contribution in [0.2, 0.25) is 0 Å². The van der Waals surface area contributed by atoms with Crippen molar-refractivity contribution < 1.29 is 9.53 Å². The predicted octanol–water partition coefficient (Wildman–Crippen LogP) is 1.58. The van der Waals surface area contributed by atoms with Gasteiger partial charge in [-0.15, -0.1) is 0 Å². The standard InChI is InChI=1S/C12H10N2O2/c15-12(10-6-13-14-7-10)9-1-2-11-8(5-9)3-4-16-11/h1-2,5-7H,3-4H2,(H,13,14). The summed E-state index contributed by atoms with van der Waals surface area (Å²) in [6.07, 6.45) is 4.01. The second kappa shape index (κ2) is 3.48. The summed E-state index contributed by atoms with van der Waals surface area (Å²) in [4.78, 5) is 12.0. The van der Waals surface area contributed by atoms with Gasteiger partial charge in [0.2, 0.25) is 0 Å². The van der Waals surface area contributed by atoms with Crippen molar-refractivity contribution in [1.29, 1.82) is 0 Å². The van der Waals surface area contributed by atoms with Gasteiger partial charge in [-0.3, -0.25) is 9.89 Å². The highest BCUT2D eigenvalue weighted by Gasteiger charge is 2.16. The summed E-state index contributed by atoms with van der Waals surface area (Å²) < 4.78 is 5.39. The summed E-state index contributed by atoms with van der Waals surface area (Å²) in [6.45, 7) is 0.707. The van der Waals surface area contributed by atoms with E-state index in [2.05, 4.69) is 10.2 Å². The average Bonchev–Trinajstić information content (AvgIpc) is 2.98. The van der Waals surface area contributed by atoms with Gasteiger partial charge in [-0.25, -0.2) is 0 Å². The van der Waals surface area contributed by atoms with E-state index >= 15 is 0 Å². The number of ketones is 1. The molecule has 2 heterocycles. The Hall–Kier alpha value is -2.10. The van der Waals surface area contributed by atoms with Crippen LogP contribution in [-0.2, 0) is 6.42 Å². The molecule has 0 bridgehead atoms. The number of nitrogens with zero attached hydrogens (tertiary/aromatic N) is 1. The molecule has 1 aliphatic heterocycles. The molecular formula is C12H10N2O2. The molecule has 1 aromatic heterocycles. The zero-order valence-corrected chi connectivity index (χ0v) is 8.56. The van der Waals surface area contributed by atoms with Gasteiger partial charge in [0.25, 0.3) is 0 Å². The van der Waals surface area contributed by atoms with Gasteiger partial charge in [0.15, 0.2) is 5.78 Å². The predicted molar refractivity (Wildman–Crippen MR) is 57.7 cm³/mol. The summed E-state index contributed by atoms with van der Waals surface area (Å²) >= 11 is 0. The lowest BCUT2D eigenvalue weighted by Crippen LogP contribution is -2.00. The van der Waals surface area contributed by atoms with Gasteiger partial charge < -0.3 is 4.74 Å². The smallest absolute Gasteiger partial charge is 0.196 e. The molecule has 0 atom stereocenters. The fourth-order valence-electron chi connectivity index (χ4n) is 1.87. The van der Waals surface area contributed by atoms with Gasteiger partial charge >= 0.3 is 0 Å². The zero-order chi connectivity index (χ0) is 11.0. The summed E-state index contributed by atoms with van der Waals surface area (Å²) in [6, 6.07) is 5.55. The topological polar surface area (TPSA) is 55.0 Å². The van der Waals surface area contributed by atoms with Crippen LogP contribution in [0, 0.1) is 0 Å². The molecule has 4 heteroatoms. The molecule has 3 rings (SSSR count). The largest absolute Gasteiger partial charge is 0.493 e. The minimum atomic E-state index is -0.0107. The molecule has 0 spiro atoms. The summed E-state index contributed by atoms with van der Waals surface area (Å²) in [5, 5.41) is 6.41. The number of fused-ring (bicyclic) bond motifs is 1. The summed E-state index contributed by atoms with van der Waals surface area (Å²) in [5.74, 6) is 0.882. The monoisotopic (exact) mass is 214 g/mol. The van der Waals surface area contributed by atoms with Crippen LogP contribution in [0.15, 0.2) is 30.6 Å². The first-order valence-electron chi connectivity index (χ1n) is 5.14. The maximum absolute atomic E-state index is 12.0. The van der Waals surface area contributed by atoms with Crippen molar-refractivity contribution in [3.8, 4) is 5.75 Å². The maximum atomic E-state index is 12.0. The van der Waals surface area contributed by atoms with E-state index < -0.39 is 0 Å². The van der Waals surface area contributed by atoms with Crippen molar-refractivity contribution in [1.82, 2.24) is 10.2 Å². The lowest BCUT2D eigenvalue weighted by molar-refractivity contribution is 0.103. The third-order valence-corrected chi connectivity index (χ3v) is 2.71. The Bertz CT molecular complexity index is 532. The molecule has 0 saturated heterocycles. The molecule has 0 fully saturated rings. The van der Waals surface area contributed by atoms with Crippen molar-refractivity contribution in [3.63, 3.8) is 0 Å². The minimum Gasteiger partial charge on any atom is -0.493 e. The molecule has 80 valence electrons. The third-order valence-electron chi connectivity index (χ3n) is 2.71. The maximum Gasteiger partial charge on any atom is 0.196 e. The molecule has 0 saturated carbocycles. The summed E-state index contributed by atoms with van der Waals surface area (Å²) in [7, 11) is 0. The van der Waals surface area contributed by atoms with Gasteiger partial charge in [-0.1, -0.05) is 0 Å². The fourth-order valence-corrected chi connectivity index (χ4v) is 1.87. The number of ether oxygens (including phenoxy) is 1. The molecule has 1 N–H and O–H groups in total.